The van der Waals surface area contributed by atoms with Crippen molar-refractivity contribution in [3.8, 4) is 0 Å². The van der Waals surface area contributed by atoms with Gasteiger partial charge >= 0.3 is 35.8 Å². The lowest BCUT2D eigenvalue weighted by Crippen LogP contribution is -2.42. The monoisotopic (exact) mass is 476 g/mol. The van der Waals surface area contributed by atoms with Crippen LogP contribution in [-0.4, -0.2) is 123 Å². The van der Waals surface area contributed by atoms with Gasteiger partial charge in [-0.3, -0.25) is 19.2 Å². The molecule has 0 spiro atoms. The number of hydrogen-bond acceptors (Lipinski definition) is 11. The molecular formula is C15H24O17. The zero-order chi connectivity index (χ0) is 26.3. The molecule has 0 saturated heterocycles. The summed E-state index contributed by atoms with van der Waals surface area (Å²) >= 11 is 0. The SMILES string of the molecule is O=C(O)CC(O)(CC(=O)O)C(=O)O.O=C(O)CC(O)(CC(=O)O)C(=O)O.OCC(O)CO. The molecule has 0 aliphatic rings. The third-order valence-corrected chi connectivity index (χ3v) is 2.99. The maximum absolute atomic E-state index is 10.3. The molecule has 0 aromatic rings. The molecule has 0 bridgehead atoms. The van der Waals surface area contributed by atoms with Crippen LogP contribution in [0.25, 0.3) is 0 Å². The van der Waals surface area contributed by atoms with E-state index in [4.69, 9.17) is 56.2 Å². The molecular weight excluding hydrogens is 452 g/mol. The van der Waals surface area contributed by atoms with Crippen LogP contribution in [0.4, 0.5) is 0 Å². The number of aliphatic carboxylic acids is 6. The highest BCUT2D eigenvalue weighted by Crippen LogP contribution is 2.16. The summed E-state index contributed by atoms with van der Waals surface area (Å²) in [4.78, 5) is 61.0. The first kappa shape index (κ1) is 33.3. The molecule has 0 aliphatic heterocycles. The fraction of sp³-hybridized carbons (Fsp3) is 0.600. The molecule has 0 aliphatic carbocycles. The van der Waals surface area contributed by atoms with E-state index in [1.807, 2.05) is 0 Å². The van der Waals surface area contributed by atoms with Gasteiger partial charge in [0.25, 0.3) is 0 Å². The van der Waals surface area contributed by atoms with E-state index in [-0.39, 0.29) is 13.2 Å². The average Bonchev–Trinajstić information content (AvgIpc) is 2.59. The topological polar surface area (TPSA) is 325 Å². The second-order valence-electron chi connectivity index (χ2n) is 5.97. The summed E-state index contributed by atoms with van der Waals surface area (Å²) in [5, 5.41) is 91.6. The Bertz CT molecular complexity index is 581. The van der Waals surface area contributed by atoms with E-state index in [1.54, 1.807) is 0 Å². The van der Waals surface area contributed by atoms with Crippen molar-refractivity contribution in [1.29, 1.82) is 0 Å². The van der Waals surface area contributed by atoms with Crippen LogP contribution in [0.5, 0.6) is 0 Å². The number of aliphatic hydroxyl groups excluding tert-OH is 3. The smallest absolute Gasteiger partial charge is 0.336 e. The molecule has 0 aromatic carbocycles. The van der Waals surface area contributed by atoms with Crippen molar-refractivity contribution in [3.05, 3.63) is 0 Å². The Morgan fingerprint density at radius 2 is 0.719 bits per heavy atom. The molecule has 0 amide bonds. The Morgan fingerprint density at radius 3 is 0.781 bits per heavy atom. The van der Waals surface area contributed by atoms with Crippen LogP contribution >= 0.6 is 0 Å². The molecule has 17 heteroatoms. The van der Waals surface area contributed by atoms with Crippen LogP contribution in [0, 0.1) is 0 Å². The van der Waals surface area contributed by atoms with Gasteiger partial charge in [0.2, 0.25) is 0 Å². The third-order valence-electron chi connectivity index (χ3n) is 2.99. The van der Waals surface area contributed by atoms with Crippen molar-refractivity contribution in [2.24, 2.45) is 0 Å². The molecule has 0 radical (unpaired) electrons. The Balaban J connectivity index is -0.000000422. The molecule has 0 fully saturated rings. The highest BCUT2D eigenvalue weighted by molar-refractivity contribution is 5.88. The first-order valence-corrected chi connectivity index (χ1v) is 8.05. The zero-order valence-corrected chi connectivity index (χ0v) is 16.2. The molecule has 186 valence electrons. The maximum Gasteiger partial charge on any atom is 0.336 e. The Kier molecular flexibility index (Phi) is 16.0. The van der Waals surface area contributed by atoms with E-state index in [0.29, 0.717) is 0 Å². The molecule has 0 atom stereocenters. The largest absolute Gasteiger partial charge is 0.481 e. The fourth-order valence-electron chi connectivity index (χ4n) is 1.49. The first-order chi connectivity index (χ1) is 14.4. The Labute approximate surface area is 178 Å². The minimum absolute atomic E-state index is 0.365. The molecule has 0 heterocycles. The molecule has 0 aromatic heterocycles. The summed E-state index contributed by atoms with van der Waals surface area (Å²) in [5.74, 6) is -10.0. The van der Waals surface area contributed by atoms with Gasteiger partial charge in [0.1, 0.15) is 6.10 Å². The van der Waals surface area contributed by atoms with Gasteiger partial charge in [-0.05, 0) is 0 Å². The summed E-state index contributed by atoms with van der Waals surface area (Å²) in [7, 11) is 0. The number of rotatable bonds is 12. The van der Waals surface area contributed by atoms with Crippen molar-refractivity contribution >= 4 is 35.8 Å². The van der Waals surface area contributed by atoms with Gasteiger partial charge in [-0.2, -0.15) is 0 Å². The van der Waals surface area contributed by atoms with Crippen molar-refractivity contribution in [3.63, 3.8) is 0 Å². The highest BCUT2D eigenvalue weighted by atomic mass is 16.4. The van der Waals surface area contributed by atoms with Gasteiger partial charge in [0.15, 0.2) is 11.2 Å². The van der Waals surface area contributed by atoms with Crippen LogP contribution in [0.2, 0.25) is 0 Å². The number of aliphatic hydroxyl groups is 5. The van der Waals surface area contributed by atoms with Gasteiger partial charge < -0.3 is 56.2 Å². The standard InChI is InChI=1S/2C6H8O7.C3H8O3/c2*7-3(8)1-6(13,5(11)12)2-4(9)10;4-1-3(6)2-5/h2*13H,1-2H2,(H,7,8)(H,9,10)(H,11,12);3-6H,1-2H2. The van der Waals surface area contributed by atoms with Gasteiger partial charge in [-0.25, -0.2) is 9.59 Å². The third kappa shape index (κ3) is 16.4. The lowest BCUT2D eigenvalue weighted by atomic mass is 9.96. The van der Waals surface area contributed by atoms with Crippen molar-refractivity contribution < 1.29 is 84.9 Å². The number of carboxylic acids is 6. The first-order valence-electron chi connectivity index (χ1n) is 8.05. The van der Waals surface area contributed by atoms with E-state index >= 15 is 0 Å². The summed E-state index contributed by atoms with van der Waals surface area (Å²) in [6.45, 7) is -0.729. The number of carbonyl (C=O) groups is 6. The van der Waals surface area contributed by atoms with E-state index in [0.717, 1.165) is 0 Å². The Hall–Kier alpha value is -3.38. The van der Waals surface area contributed by atoms with Crippen molar-refractivity contribution in [2.45, 2.75) is 43.0 Å². The van der Waals surface area contributed by atoms with Gasteiger partial charge in [0, 0.05) is 0 Å². The van der Waals surface area contributed by atoms with Crippen LogP contribution in [0.15, 0.2) is 0 Å². The number of hydrogen-bond donors (Lipinski definition) is 11. The quantitative estimate of drug-likeness (QED) is 0.127. The molecule has 11 N–H and O–H groups in total. The lowest BCUT2D eigenvalue weighted by molar-refractivity contribution is -0.170. The predicted molar refractivity (Wildman–Crippen MR) is 94.4 cm³/mol. The van der Waals surface area contributed by atoms with Gasteiger partial charge in [-0.1, -0.05) is 0 Å². The minimum atomic E-state index is -2.74. The van der Waals surface area contributed by atoms with E-state index in [2.05, 4.69) is 0 Å². The van der Waals surface area contributed by atoms with Gasteiger partial charge in [-0.15, -0.1) is 0 Å². The maximum atomic E-state index is 10.3. The lowest BCUT2D eigenvalue weighted by Gasteiger charge is -2.18. The second kappa shape index (κ2) is 15.4. The summed E-state index contributed by atoms with van der Waals surface area (Å²) in [6, 6.07) is 0. The molecule has 0 saturated carbocycles. The molecule has 17 nitrogen and oxygen atoms in total. The summed E-state index contributed by atoms with van der Waals surface area (Å²) in [5.41, 5.74) is -5.48. The molecule has 32 heavy (non-hydrogen) atoms. The molecule has 0 unspecified atom stereocenters. The summed E-state index contributed by atoms with van der Waals surface area (Å²) in [6.07, 6.45) is -5.53. The van der Waals surface area contributed by atoms with E-state index in [1.165, 1.54) is 0 Å². The fourth-order valence-corrected chi connectivity index (χ4v) is 1.49. The van der Waals surface area contributed by atoms with Crippen LogP contribution in [0.1, 0.15) is 25.7 Å². The predicted octanol–water partition coefficient (Wildman–Crippen LogP) is -4.17. The molecule has 0 rings (SSSR count). The minimum Gasteiger partial charge on any atom is -0.481 e. The number of carboxylic acid groups (broad SMARTS) is 6. The van der Waals surface area contributed by atoms with Crippen molar-refractivity contribution in [2.75, 3.05) is 13.2 Å². The van der Waals surface area contributed by atoms with Crippen LogP contribution in [0.3, 0.4) is 0 Å². The normalized spacial score (nSPS) is 10.7. The Morgan fingerprint density at radius 1 is 0.531 bits per heavy atom. The van der Waals surface area contributed by atoms with Crippen molar-refractivity contribution in [1.82, 2.24) is 0 Å². The average molecular weight is 476 g/mol. The van der Waals surface area contributed by atoms with Crippen LogP contribution in [-0.2, 0) is 28.8 Å². The van der Waals surface area contributed by atoms with E-state index in [9.17, 15) is 28.8 Å². The zero-order valence-electron chi connectivity index (χ0n) is 16.2. The highest BCUT2D eigenvalue weighted by Gasteiger charge is 2.41. The van der Waals surface area contributed by atoms with E-state index < -0.39 is 78.8 Å². The summed E-state index contributed by atoms with van der Waals surface area (Å²) < 4.78 is 0. The van der Waals surface area contributed by atoms with Gasteiger partial charge in [0.05, 0.1) is 38.9 Å². The second-order valence-corrected chi connectivity index (χ2v) is 5.97. The van der Waals surface area contributed by atoms with Crippen LogP contribution < -0.4 is 0 Å².